The summed E-state index contributed by atoms with van der Waals surface area (Å²) in [6, 6.07) is 0. The topological polar surface area (TPSA) is 37.3 Å². The van der Waals surface area contributed by atoms with Gasteiger partial charge in [-0.1, -0.05) is 13.0 Å². The van der Waals surface area contributed by atoms with Gasteiger partial charge in [0.05, 0.1) is 0 Å². The van der Waals surface area contributed by atoms with Crippen LogP contribution in [0.15, 0.2) is 11.6 Å². The van der Waals surface area contributed by atoms with Crippen molar-refractivity contribution in [1.29, 1.82) is 0 Å². The number of hydrogen-bond donors (Lipinski definition) is 1. The molecule has 0 aromatic rings. The molecular formula is C8H14O2. The standard InChI is InChI=1S/C8H14O2/c1-4-5-6(2)8(10)7(3)9/h5,7,9H,4H2,1-3H3/b6-5+. The Hall–Kier alpha value is -0.630. The number of rotatable bonds is 3. The average Bonchev–Trinajstić information content (AvgIpc) is 1.87. The van der Waals surface area contributed by atoms with Crippen LogP contribution >= 0.6 is 0 Å². The van der Waals surface area contributed by atoms with Crippen molar-refractivity contribution < 1.29 is 9.90 Å². The van der Waals surface area contributed by atoms with Crippen LogP contribution in [0.25, 0.3) is 0 Å². The molecule has 0 amide bonds. The third-order valence-electron chi connectivity index (χ3n) is 1.28. The molecule has 0 rings (SSSR count). The van der Waals surface area contributed by atoms with Gasteiger partial charge in [0, 0.05) is 0 Å². The van der Waals surface area contributed by atoms with Crippen molar-refractivity contribution in [2.45, 2.75) is 33.3 Å². The van der Waals surface area contributed by atoms with E-state index in [1.165, 1.54) is 6.92 Å². The number of ketones is 1. The third-order valence-corrected chi connectivity index (χ3v) is 1.28. The van der Waals surface area contributed by atoms with Crippen molar-refractivity contribution in [3.05, 3.63) is 11.6 Å². The lowest BCUT2D eigenvalue weighted by atomic mass is 10.1. The average molecular weight is 142 g/mol. The van der Waals surface area contributed by atoms with Crippen LogP contribution < -0.4 is 0 Å². The molecule has 0 spiro atoms. The third kappa shape index (κ3) is 2.78. The van der Waals surface area contributed by atoms with E-state index < -0.39 is 6.10 Å². The minimum atomic E-state index is -0.859. The molecule has 0 saturated heterocycles. The Morgan fingerprint density at radius 1 is 1.70 bits per heavy atom. The summed E-state index contributed by atoms with van der Waals surface area (Å²) in [4.78, 5) is 10.9. The zero-order valence-electron chi connectivity index (χ0n) is 6.72. The number of allylic oxidation sites excluding steroid dienone is 1. The van der Waals surface area contributed by atoms with E-state index in [0.29, 0.717) is 5.57 Å². The fraction of sp³-hybridized carbons (Fsp3) is 0.625. The minimum Gasteiger partial charge on any atom is -0.385 e. The normalized spacial score (nSPS) is 15.0. The molecule has 0 aliphatic rings. The highest BCUT2D eigenvalue weighted by Gasteiger charge is 2.09. The molecule has 1 unspecified atom stereocenters. The summed E-state index contributed by atoms with van der Waals surface area (Å²) in [5.74, 6) is -0.179. The summed E-state index contributed by atoms with van der Waals surface area (Å²) in [5, 5.41) is 8.83. The van der Waals surface area contributed by atoms with Gasteiger partial charge in [-0.3, -0.25) is 4.79 Å². The molecule has 0 aromatic carbocycles. The predicted molar refractivity (Wildman–Crippen MR) is 40.7 cm³/mol. The molecule has 0 radical (unpaired) electrons. The van der Waals surface area contributed by atoms with Crippen LogP contribution in [0.3, 0.4) is 0 Å². The van der Waals surface area contributed by atoms with Gasteiger partial charge in [-0.25, -0.2) is 0 Å². The number of carbonyl (C=O) groups excluding carboxylic acids is 1. The first kappa shape index (κ1) is 9.37. The highest BCUT2D eigenvalue weighted by Crippen LogP contribution is 2.00. The first-order valence-electron chi connectivity index (χ1n) is 3.48. The Bertz CT molecular complexity index is 145. The van der Waals surface area contributed by atoms with Crippen LogP contribution in [0.1, 0.15) is 27.2 Å². The minimum absolute atomic E-state index is 0.179. The maximum atomic E-state index is 10.9. The smallest absolute Gasteiger partial charge is 0.186 e. The number of aliphatic hydroxyl groups is 1. The fourth-order valence-corrected chi connectivity index (χ4v) is 0.736. The van der Waals surface area contributed by atoms with Crippen molar-refractivity contribution in [3.63, 3.8) is 0 Å². The summed E-state index contributed by atoms with van der Waals surface area (Å²) in [6.07, 6.45) is 1.79. The maximum absolute atomic E-state index is 10.9. The number of carbonyl (C=O) groups is 1. The van der Waals surface area contributed by atoms with Crippen LogP contribution in [-0.4, -0.2) is 17.0 Å². The second-order valence-corrected chi connectivity index (χ2v) is 2.34. The van der Waals surface area contributed by atoms with Gasteiger partial charge in [-0.05, 0) is 25.8 Å². The van der Waals surface area contributed by atoms with Gasteiger partial charge in [-0.2, -0.15) is 0 Å². The fourth-order valence-electron chi connectivity index (χ4n) is 0.736. The molecule has 0 aliphatic carbocycles. The summed E-state index contributed by atoms with van der Waals surface area (Å²) >= 11 is 0. The Labute approximate surface area is 61.6 Å². The van der Waals surface area contributed by atoms with Gasteiger partial charge in [0.2, 0.25) is 0 Å². The first-order chi connectivity index (χ1) is 4.59. The molecule has 0 aromatic heterocycles. The summed E-state index contributed by atoms with van der Waals surface area (Å²) in [6.45, 7) is 5.16. The summed E-state index contributed by atoms with van der Waals surface area (Å²) in [5.41, 5.74) is 0.650. The SMILES string of the molecule is CC/C=C(\C)C(=O)C(C)O. The van der Waals surface area contributed by atoms with E-state index >= 15 is 0 Å². The van der Waals surface area contributed by atoms with Crippen molar-refractivity contribution >= 4 is 5.78 Å². The quantitative estimate of drug-likeness (QED) is 0.603. The van der Waals surface area contributed by atoms with E-state index in [1.54, 1.807) is 6.92 Å². The highest BCUT2D eigenvalue weighted by atomic mass is 16.3. The van der Waals surface area contributed by atoms with Crippen molar-refractivity contribution in [3.8, 4) is 0 Å². The van der Waals surface area contributed by atoms with E-state index in [4.69, 9.17) is 5.11 Å². The number of hydrogen-bond acceptors (Lipinski definition) is 2. The van der Waals surface area contributed by atoms with Crippen LogP contribution in [0.4, 0.5) is 0 Å². The Morgan fingerprint density at radius 3 is 2.50 bits per heavy atom. The molecule has 2 heteroatoms. The van der Waals surface area contributed by atoms with Crippen LogP contribution in [0, 0.1) is 0 Å². The highest BCUT2D eigenvalue weighted by molar-refractivity contribution is 5.97. The monoisotopic (exact) mass is 142 g/mol. The Balaban J connectivity index is 4.08. The number of aliphatic hydroxyl groups excluding tert-OH is 1. The van der Waals surface area contributed by atoms with E-state index in [0.717, 1.165) is 6.42 Å². The van der Waals surface area contributed by atoms with Gasteiger partial charge in [0.15, 0.2) is 5.78 Å². The lowest BCUT2D eigenvalue weighted by Crippen LogP contribution is -2.16. The Morgan fingerprint density at radius 2 is 2.20 bits per heavy atom. The van der Waals surface area contributed by atoms with E-state index in [2.05, 4.69) is 0 Å². The molecule has 0 saturated carbocycles. The van der Waals surface area contributed by atoms with Gasteiger partial charge in [-0.15, -0.1) is 0 Å². The van der Waals surface area contributed by atoms with Gasteiger partial charge in [0.1, 0.15) is 6.10 Å². The molecule has 58 valence electrons. The largest absolute Gasteiger partial charge is 0.385 e. The predicted octanol–water partition coefficient (Wildman–Crippen LogP) is 1.29. The molecule has 10 heavy (non-hydrogen) atoms. The summed E-state index contributed by atoms with van der Waals surface area (Å²) in [7, 11) is 0. The first-order valence-corrected chi connectivity index (χ1v) is 3.48. The lowest BCUT2D eigenvalue weighted by Gasteiger charge is -2.01. The molecule has 0 fully saturated rings. The van der Waals surface area contributed by atoms with Crippen molar-refractivity contribution in [2.75, 3.05) is 0 Å². The Kier molecular flexibility index (Phi) is 3.96. The van der Waals surface area contributed by atoms with Crippen LogP contribution in [-0.2, 0) is 4.79 Å². The molecule has 0 aliphatic heterocycles. The molecule has 0 heterocycles. The molecule has 2 nitrogen and oxygen atoms in total. The second-order valence-electron chi connectivity index (χ2n) is 2.34. The lowest BCUT2D eigenvalue weighted by molar-refractivity contribution is -0.122. The van der Waals surface area contributed by atoms with E-state index in [9.17, 15) is 4.79 Å². The second kappa shape index (κ2) is 4.23. The van der Waals surface area contributed by atoms with Crippen LogP contribution in [0.5, 0.6) is 0 Å². The van der Waals surface area contributed by atoms with Gasteiger partial charge >= 0.3 is 0 Å². The summed E-state index contributed by atoms with van der Waals surface area (Å²) < 4.78 is 0. The van der Waals surface area contributed by atoms with Crippen LogP contribution in [0.2, 0.25) is 0 Å². The molecule has 1 atom stereocenters. The van der Waals surface area contributed by atoms with Crippen molar-refractivity contribution in [2.24, 2.45) is 0 Å². The van der Waals surface area contributed by atoms with Crippen molar-refractivity contribution in [1.82, 2.24) is 0 Å². The molecule has 1 N–H and O–H groups in total. The van der Waals surface area contributed by atoms with E-state index in [-0.39, 0.29) is 5.78 Å². The zero-order valence-corrected chi connectivity index (χ0v) is 6.72. The van der Waals surface area contributed by atoms with Gasteiger partial charge in [0.25, 0.3) is 0 Å². The molecule has 0 bridgehead atoms. The maximum Gasteiger partial charge on any atom is 0.186 e. The van der Waals surface area contributed by atoms with Gasteiger partial charge < -0.3 is 5.11 Å². The van der Waals surface area contributed by atoms with E-state index in [1.807, 2.05) is 13.0 Å². The number of Topliss-reactive ketones (excluding diaryl/α,β-unsaturated/α-hetero) is 1. The molecular weight excluding hydrogens is 128 g/mol. The zero-order chi connectivity index (χ0) is 8.15.